The zero-order chi connectivity index (χ0) is 13.8. The van der Waals surface area contributed by atoms with Crippen molar-refractivity contribution in [2.75, 3.05) is 13.7 Å². The first-order valence-corrected chi connectivity index (χ1v) is 5.60. The molecular formula is C13H17NO4. The molecule has 0 bridgehead atoms. The average molecular weight is 251 g/mol. The Hall–Kier alpha value is -2.04. The first-order valence-electron chi connectivity index (χ1n) is 5.60. The Morgan fingerprint density at radius 2 is 2.00 bits per heavy atom. The van der Waals surface area contributed by atoms with Gasteiger partial charge in [-0.3, -0.25) is 4.79 Å². The lowest BCUT2D eigenvalue weighted by Crippen LogP contribution is -2.49. The van der Waals surface area contributed by atoms with Gasteiger partial charge in [0.25, 0.3) is 0 Å². The van der Waals surface area contributed by atoms with Crippen LogP contribution in [0, 0.1) is 0 Å². The number of carboxylic acid groups (broad SMARTS) is 1. The van der Waals surface area contributed by atoms with E-state index in [1.807, 2.05) is 0 Å². The fourth-order valence-corrected chi connectivity index (χ4v) is 1.82. The van der Waals surface area contributed by atoms with E-state index in [9.17, 15) is 14.7 Å². The van der Waals surface area contributed by atoms with Crippen molar-refractivity contribution < 1.29 is 19.4 Å². The second-order valence-corrected chi connectivity index (χ2v) is 4.00. The molecule has 5 heteroatoms. The zero-order valence-electron chi connectivity index (χ0n) is 10.7. The molecule has 0 radical (unpaired) electrons. The second-order valence-electron chi connectivity index (χ2n) is 4.00. The van der Waals surface area contributed by atoms with Crippen LogP contribution in [0.15, 0.2) is 24.3 Å². The quantitative estimate of drug-likeness (QED) is 0.777. The minimum Gasteiger partial charge on any atom is -0.497 e. The van der Waals surface area contributed by atoms with Crippen molar-refractivity contribution >= 4 is 12.4 Å². The summed E-state index contributed by atoms with van der Waals surface area (Å²) in [5, 5.41) is 9.41. The Bertz CT molecular complexity index is 429. The number of carbonyl (C=O) groups is 2. The predicted molar refractivity (Wildman–Crippen MR) is 66.4 cm³/mol. The Morgan fingerprint density at radius 3 is 2.33 bits per heavy atom. The minimum absolute atomic E-state index is 0.318. The third-order valence-corrected chi connectivity index (χ3v) is 3.11. The van der Waals surface area contributed by atoms with Crippen molar-refractivity contribution in [2.24, 2.45) is 0 Å². The van der Waals surface area contributed by atoms with E-state index >= 15 is 0 Å². The lowest BCUT2D eigenvalue weighted by Gasteiger charge is -2.34. The minimum atomic E-state index is -1.37. The van der Waals surface area contributed by atoms with Gasteiger partial charge in [0.15, 0.2) is 5.54 Å². The maximum Gasteiger partial charge on any atom is 0.334 e. The SMILES string of the molecule is CCN(C=O)C(C)(C(=O)O)c1ccc(OC)cc1. The molecule has 5 nitrogen and oxygen atoms in total. The molecule has 1 atom stereocenters. The summed E-state index contributed by atoms with van der Waals surface area (Å²) in [6, 6.07) is 6.66. The van der Waals surface area contributed by atoms with E-state index in [0.717, 1.165) is 0 Å². The van der Waals surface area contributed by atoms with E-state index in [0.29, 0.717) is 24.3 Å². The van der Waals surface area contributed by atoms with Gasteiger partial charge < -0.3 is 14.7 Å². The van der Waals surface area contributed by atoms with Crippen molar-refractivity contribution in [3.63, 3.8) is 0 Å². The lowest BCUT2D eigenvalue weighted by molar-refractivity contribution is -0.154. The van der Waals surface area contributed by atoms with Crippen molar-refractivity contribution in [2.45, 2.75) is 19.4 Å². The average Bonchev–Trinajstić information content (AvgIpc) is 2.39. The van der Waals surface area contributed by atoms with E-state index in [4.69, 9.17) is 4.74 Å². The molecule has 1 unspecified atom stereocenters. The van der Waals surface area contributed by atoms with Crippen LogP contribution in [0.2, 0.25) is 0 Å². The van der Waals surface area contributed by atoms with Crippen LogP contribution in [0.5, 0.6) is 5.75 Å². The van der Waals surface area contributed by atoms with Crippen molar-refractivity contribution in [3.05, 3.63) is 29.8 Å². The number of carbonyl (C=O) groups excluding carboxylic acids is 1. The highest BCUT2D eigenvalue weighted by molar-refractivity contribution is 5.82. The van der Waals surface area contributed by atoms with E-state index in [2.05, 4.69) is 0 Å². The summed E-state index contributed by atoms with van der Waals surface area (Å²) in [7, 11) is 1.54. The van der Waals surface area contributed by atoms with E-state index in [1.54, 1.807) is 31.2 Å². The van der Waals surface area contributed by atoms with Gasteiger partial charge in [-0.05, 0) is 31.5 Å². The number of amides is 1. The number of likely N-dealkylation sites (N-methyl/N-ethyl adjacent to an activating group) is 1. The maximum absolute atomic E-state index is 11.5. The lowest BCUT2D eigenvalue weighted by atomic mass is 9.90. The molecule has 0 heterocycles. The molecule has 1 aromatic carbocycles. The highest BCUT2D eigenvalue weighted by atomic mass is 16.5. The number of ether oxygens (including phenoxy) is 1. The normalized spacial score (nSPS) is 13.5. The van der Waals surface area contributed by atoms with Crippen LogP contribution in [0.4, 0.5) is 0 Å². The largest absolute Gasteiger partial charge is 0.497 e. The fourth-order valence-electron chi connectivity index (χ4n) is 1.82. The summed E-state index contributed by atoms with van der Waals surface area (Å²) >= 11 is 0. The Kier molecular flexibility index (Phi) is 4.31. The van der Waals surface area contributed by atoms with Crippen molar-refractivity contribution in [1.82, 2.24) is 4.90 Å². The molecule has 98 valence electrons. The topological polar surface area (TPSA) is 66.8 Å². The molecule has 0 saturated heterocycles. The number of carboxylic acids is 1. The van der Waals surface area contributed by atoms with Gasteiger partial charge in [0.1, 0.15) is 5.75 Å². The van der Waals surface area contributed by atoms with Gasteiger partial charge in [-0.1, -0.05) is 12.1 Å². The summed E-state index contributed by atoms with van der Waals surface area (Å²) < 4.78 is 5.02. The smallest absolute Gasteiger partial charge is 0.334 e. The number of hydrogen-bond donors (Lipinski definition) is 1. The van der Waals surface area contributed by atoms with Crippen molar-refractivity contribution in [3.8, 4) is 5.75 Å². The van der Waals surface area contributed by atoms with Gasteiger partial charge in [-0.25, -0.2) is 4.79 Å². The summed E-state index contributed by atoms with van der Waals surface area (Å²) in [5.41, 5.74) is -0.840. The monoisotopic (exact) mass is 251 g/mol. The van der Waals surface area contributed by atoms with Gasteiger partial charge >= 0.3 is 5.97 Å². The van der Waals surface area contributed by atoms with Gasteiger partial charge in [-0.2, -0.15) is 0 Å². The number of nitrogens with zero attached hydrogens (tertiary/aromatic N) is 1. The van der Waals surface area contributed by atoms with Gasteiger partial charge in [0.2, 0.25) is 6.41 Å². The maximum atomic E-state index is 11.5. The molecule has 18 heavy (non-hydrogen) atoms. The van der Waals surface area contributed by atoms with E-state index in [1.165, 1.54) is 18.9 Å². The first-order chi connectivity index (χ1) is 8.50. The van der Waals surface area contributed by atoms with Crippen molar-refractivity contribution in [1.29, 1.82) is 0 Å². The number of hydrogen-bond acceptors (Lipinski definition) is 3. The molecule has 0 aliphatic rings. The molecule has 1 rings (SSSR count). The summed E-state index contributed by atoms with van der Waals surface area (Å²) in [6.45, 7) is 3.56. The molecule has 1 amide bonds. The third kappa shape index (κ3) is 2.30. The zero-order valence-corrected chi connectivity index (χ0v) is 10.7. The van der Waals surface area contributed by atoms with Crippen LogP contribution in [0.3, 0.4) is 0 Å². The molecule has 0 aliphatic heterocycles. The standard InChI is InChI=1S/C13H17NO4/c1-4-14(9-15)13(2,12(16)17)10-5-7-11(18-3)8-6-10/h5-9H,4H2,1-3H3,(H,16,17). The number of aliphatic carboxylic acids is 1. The highest BCUT2D eigenvalue weighted by Gasteiger charge is 2.40. The molecule has 1 aromatic rings. The summed E-state index contributed by atoms with van der Waals surface area (Å²) in [5.74, 6) is -0.428. The molecule has 0 aromatic heterocycles. The third-order valence-electron chi connectivity index (χ3n) is 3.11. The summed E-state index contributed by atoms with van der Waals surface area (Å²) in [6.07, 6.45) is 0.554. The van der Waals surface area contributed by atoms with E-state index in [-0.39, 0.29) is 0 Å². The molecule has 0 saturated carbocycles. The van der Waals surface area contributed by atoms with Crippen LogP contribution in [-0.2, 0) is 15.1 Å². The highest BCUT2D eigenvalue weighted by Crippen LogP contribution is 2.29. The number of methoxy groups -OCH3 is 1. The van der Waals surface area contributed by atoms with Crippen LogP contribution < -0.4 is 4.74 Å². The summed E-state index contributed by atoms with van der Waals surface area (Å²) in [4.78, 5) is 23.8. The first kappa shape index (κ1) is 14.0. The van der Waals surface area contributed by atoms with Crippen LogP contribution in [0.1, 0.15) is 19.4 Å². The molecular weight excluding hydrogens is 234 g/mol. The Labute approximate surface area is 106 Å². The van der Waals surface area contributed by atoms with Crippen LogP contribution in [0.25, 0.3) is 0 Å². The Morgan fingerprint density at radius 1 is 1.44 bits per heavy atom. The second kappa shape index (κ2) is 5.53. The van der Waals surface area contributed by atoms with Gasteiger partial charge in [-0.15, -0.1) is 0 Å². The van der Waals surface area contributed by atoms with E-state index < -0.39 is 11.5 Å². The number of benzene rings is 1. The molecule has 1 N–H and O–H groups in total. The molecule has 0 spiro atoms. The van der Waals surface area contributed by atoms with Crippen LogP contribution >= 0.6 is 0 Å². The molecule has 0 aliphatic carbocycles. The fraction of sp³-hybridized carbons (Fsp3) is 0.385. The molecule has 0 fully saturated rings. The van der Waals surface area contributed by atoms with Crippen LogP contribution in [-0.4, -0.2) is 36.0 Å². The van der Waals surface area contributed by atoms with Gasteiger partial charge in [0.05, 0.1) is 7.11 Å². The van der Waals surface area contributed by atoms with Gasteiger partial charge in [0, 0.05) is 6.54 Å². The number of rotatable bonds is 6. The predicted octanol–water partition coefficient (Wildman–Crippen LogP) is 1.47. The Balaban J connectivity index is 3.25.